The summed E-state index contributed by atoms with van der Waals surface area (Å²) >= 11 is 0. The molecule has 17 unspecified atom stereocenters. The quantitative estimate of drug-likeness (QED) is 0.0199. The van der Waals surface area contributed by atoms with Crippen LogP contribution in [0, 0.1) is 0 Å². The van der Waals surface area contributed by atoms with Crippen LogP contribution in [0.2, 0.25) is 0 Å². The van der Waals surface area contributed by atoms with E-state index in [1.54, 1.807) is 0 Å². The highest BCUT2D eigenvalue weighted by molar-refractivity contribution is 5.76. The van der Waals surface area contributed by atoms with Crippen LogP contribution in [0.15, 0.2) is 122 Å². The van der Waals surface area contributed by atoms with E-state index in [4.69, 9.17) is 28.4 Å². The van der Waals surface area contributed by atoms with Crippen molar-refractivity contribution in [3.05, 3.63) is 122 Å². The molecule has 12 N–H and O–H groups in total. The number of aliphatic hydroxyl groups is 11. The maximum atomic E-state index is 13.3. The lowest BCUT2D eigenvalue weighted by atomic mass is 9.96. The number of carbonyl (C=O) groups excluding carboxylic acids is 1. The third-order valence-corrected chi connectivity index (χ3v) is 16.6. The molecule has 3 aliphatic rings. The average Bonchev–Trinajstić information content (AvgIpc) is 0.817. The summed E-state index contributed by atoms with van der Waals surface area (Å²) in [5.74, 6) is -0.259. The molecule has 19 nitrogen and oxygen atoms in total. The van der Waals surface area contributed by atoms with Gasteiger partial charge in [0.25, 0.3) is 0 Å². The molecule has 526 valence electrons. The van der Waals surface area contributed by atoms with E-state index in [9.17, 15) is 61.0 Å². The Bertz CT molecular complexity index is 2140. The van der Waals surface area contributed by atoms with Crippen molar-refractivity contribution in [2.75, 3.05) is 26.4 Å². The van der Waals surface area contributed by atoms with E-state index < -0.39 is 124 Å². The third-order valence-electron chi connectivity index (χ3n) is 16.6. The second-order valence-electron chi connectivity index (χ2n) is 24.3. The minimum atomic E-state index is -1.98. The lowest BCUT2D eigenvalue weighted by molar-refractivity contribution is -0.379. The number of amides is 1. The van der Waals surface area contributed by atoms with Gasteiger partial charge >= 0.3 is 0 Å². The van der Waals surface area contributed by atoms with Crippen molar-refractivity contribution in [2.24, 2.45) is 0 Å². The van der Waals surface area contributed by atoms with Gasteiger partial charge in [-0.25, -0.2) is 0 Å². The first-order valence-electron chi connectivity index (χ1n) is 34.8. The standard InChI is InChI=1S/C73H121NO18/c1-3-5-7-9-11-12-13-14-15-16-17-18-19-20-21-22-23-24-25-26-27-28-29-30-31-32-33-34-35-36-37-38-39-40-41-42-43-44-45-47-49-51-61(79)74-56(57(78)50-48-46-10-8-6-4-2)55-87-71-67(85)64(82)69(59(53-76)89-71)92-73-68(86)65(83)70(60(54-77)90-73)91-72-66(84)63(81)62(80)58(52-75)88-72/h5,7,11-12,14-15,17-18,20-21,23-24,26-27,29-30,32-33,35-36,56-60,62-73,75-78,80-86H,3-4,6,8-10,13,16,19,22,25,28,31,34,37-55H2,1-2H3,(H,74,79)/b7-5-,12-11-,15-14-,18-17-,21-20-,24-23-,27-26-,30-29-,33-32-,36-35-. The van der Waals surface area contributed by atoms with Crippen LogP contribution in [-0.2, 0) is 33.2 Å². The van der Waals surface area contributed by atoms with Gasteiger partial charge in [0.2, 0.25) is 5.91 Å². The number of unbranched alkanes of at least 4 members (excludes halogenated alkanes) is 15. The molecule has 3 aliphatic heterocycles. The Morgan fingerprint density at radius 3 is 1.17 bits per heavy atom. The van der Waals surface area contributed by atoms with Crippen LogP contribution in [0.3, 0.4) is 0 Å². The maximum absolute atomic E-state index is 13.3. The number of aliphatic hydroxyl groups excluding tert-OH is 11. The van der Waals surface area contributed by atoms with Crippen molar-refractivity contribution < 1.29 is 89.4 Å². The van der Waals surface area contributed by atoms with Gasteiger partial charge in [-0.15, -0.1) is 0 Å². The number of hydrogen-bond donors (Lipinski definition) is 12. The maximum Gasteiger partial charge on any atom is 0.220 e. The van der Waals surface area contributed by atoms with Gasteiger partial charge < -0.3 is 89.9 Å². The smallest absolute Gasteiger partial charge is 0.220 e. The molecule has 3 rings (SSSR count). The Hall–Kier alpha value is -3.81. The van der Waals surface area contributed by atoms with Crippen LogP contribution in [0.5, 0.6) is 0 Å². The van der Waals surface area contributed by atoms with Crippen LogP contribution in [0.1, 0.15) is 200 Å². The minimum Gasteiger partial charge on any atom is -0.394 e. The lowest BCUT2D eigenvalue weighted by Gasteiger charge is -2.48. The van der Waals surface area contributed by atoms with Crippen LogP contribution in [-0.4, -0.2) is 193 Å². The summed E-state index contributed by atoms with van der Waals surface area (Å²) in [6.45, 7) is 1.57. The summed E-state index contributed by atoms with van der Waals surface area (Å²) in [5, 5.41) is 120. The van der Waals surface area contributed by atoms with Gasteiger partial charge in [-0.2, -0.15) is 0 Å². The molecule has 3 fully saturated rings. The Morgan fingerprint density at radius 2 is 0.750 bits per heavy atom. The first-order valence-corrected chi connectivity index (χ1v) is 34.8. The number of carbonyl (C=O) groups is 1. The first kappa shape index (κ1) is 82.4. The highest BCUT2D eigenvalue weighted by atomic mass is 16.8. The van der Waals surface area contributed by atoms with Crippen LogP contribution >= 0.6 is 0 Å². The third kappa shape index (κ3) is 34.7. The zero-order valence-electron chi connectivity index (χ0n) is 55.5. The molecule has 0 aromatic rings. The molecular formula is C73H121NO18. The molecule has 0 radical (unpaired) electrons. The van der Waals surface area contributed by atoms with Crippen molar-refractivity contribution in [3.8, 4) is 0 Å². The number of allylic oxidation sites excluding steroid dienone is 20. The predicted octanol–water partition coefficient (Wildman–Crippen LogP) is 9.21. The number of nitrogens with one attached hydrogen (secondary N) is 1. The average molecular weight is 1300 g/mol. The molecule has 0 aromatic carbocycles. The van der Waals surface area contributed by atoms with Crippen LogP contribution < -0.4 is 5.32 Å². The molecule has 0 aromatic heterocycles. The Kier molecular flexibility index (Phi) is 47.8. The van der Waals surface area contributed by atoms with Crippen molar-refractivity contribution >= 4 is 5.91 Å². The Morgan fingerprint density at radius 1 is 0.402 bits per heavy atom. The highest BCUT2D eigenvalue weighted by Crippen LogP contribution is 2.33. The zero-order valence-corrected chi connectivity index (χ0v) is 55.5. The zero-order chi connectivity index (χ0) is 66.8. The molecule has 3 saturated heterocycles. The van der Waals surface area contributed by atoms with Gasteiger partial charge in [-0.1, -0.05) is 225 Å². The van der Waals surface area contributed by atoms with Gasteiger partial charge in [0.05, 0.1) is 38.6 Å². The summed E-state index contributed by atoms with van der Waals surface area (Å²) in [7, 11) is 0. The fourth-order valence-corrected chi connectivity index (χ4v) is 10.9. The predicted molar refractivity (Wildman–Crippen MR) is 360 cm³/mol. The summed E-state index contributed by atoms with van der Waals surface area (Å²) in [6, 6.07) is -0.893. The summed E-state index contributed by atoms with van der Waals surface area (Å²) in [4.78, 5) is 13.3. The van der Waals surface area contributed by atoms with E-state index in [1.165, 1.54) is 32.1 Å². The molecule has 92 heavy (non-hydrogen) atoms. The fourth-order valence-electron chi connectivity index (χ4n) is 10.9. The van der Waals surface area contributed by atoms with Gasteiger partial charge in [0, 0.05) is 6.42 Å². The molecule has 0 saturated carbocycles. The summed E-state index contributed by atoms with van der Waals surface area (Å²) in [5.41, 5.74) is 0. The van der Waals surface area contributed by atoms with E-state index >= 15 is 0 Å². The lowest BCUT2D eigenvalue weighted by Crippen LogP contribution is -2.66. The van der Waals surface area contributed by atoms with Crippen molar-refractivity contribution in [1.29, 1.82) is 0 Å². The van der Waals surface area contributed by atoms with E-state index in [1.807, 2.05) is 0 Å². The molecule has 3 heterocycles. The molecule has 0 aliphatic carbocycles. The summed E-state index contributed by atoms with van der Waals surface area (Å²) < 4.78 is 34.2. The summed E-state index contributed by atoms with van der Waals surface area (Å²) in [6.07, 6.45) is 46.5. The van der Waals surface area contributed by atoms with Gasteiger partial charge in [-0.05, 0) is 89.9 Å². The van der Waals surface area contributed by atoms with Gasteiger partial charge in [0.1, 0.15) is 73.2 Å². The molecular weight excluding hydrogens is 1180 g/mol. The fraction of sp³-hybridized carbons (Fsp3) is 0.712. The number of ether oxygens (including phenoxy) is 6. The normalized spacial score (nSPS) is 28.5. The molecule has 0 bridgehead atoms. The van der Waals surface area contributed by atoms with Gasteiger partial charge in [-0.3, -0.25) is 4.79 Å². The van der Waals surface area contributed by atoms with E-state index in [0.717, 1.165) is 128 Å². The minimum absolute atomic E-state index is 0.252. The van der Waals surface area contributed by atoms with Crippen LogP contribution in [0.4, 0.5) is 0 Å². The Labute approximate surface area is 550 Å². The topological polar surface area (TPSA) is 307 Å². The Balaban J connectivity index is 1.26. The van der Waals surface area contributed by atoms with Crippen molar-refractivity contribution in [2.45, 2.75) is 304 Å². The first-order chi connectivity index (χ1) is 44.8. The molecule has 0 spiro atoms. The van der Waals surface area contributed by atoms with Crippen molar-refractivity contribution in [3.63, 3.8) is 0 Å². The SMILES string of the molecule is CC/C=C\C/C=C\C/C=C\C/C=C\C/C=C\C/C=C\C/C=C\C/C=C\C/C=C\C/C=C\CCCCCCCCCCCCC(=O)NC(COC1OC(CO)C(OC2OC(CO)C(OC3OC(CO)C(O)C(O)C3O)C(O)C2O)C(O)C1O)C(O)CCCCCCCC. The van der Waals surface area contributed by atoms with Crippen molar-refractivity contribution in [1.82, 2.24) is 5.32 Å². The van der Waals surface area contributed by atoms with E-state index in [-0.39, 0.29) is 18.9 Å². The second kappa shape index (κ2) is 53.3. The highest BCUT2D eigenvalue weighted by Gasteiger charge is 2.53. The number of rotatable bonds is 51. The molecule has 1 amide bonds. The number of hydrogen-bond acceptors (Lipinski definition) is 18. The molecule has 17 atom stereocenters. The van der Waals surface area contributed by atoms with Crippen LogP contribution in [0.25, 0.3) is 0 Å². The molecule has 19 heteroatoms. The van der Waals surface area contributed by atoms with E-state index in [2.05, 4.69) is 141 Å². The second-order valence-corrected chi connectivity index (χ2v) is 24.3. The van der Waals surface area contributed by atoms with E-state index in [0.29, 0.717) is 19.3 Å². The largest absolute Gasteiger partial charge is 0.394 e. The monoisotopic (exact) mass is 1300 g/mol. The van der Waals surface area contributed by atoms with Gasteiger partial charge in [0.15, 0.2) is 18.9 Å².